The lowest BCUT2D eigenvalue weighted by Gasteiger charge is -2.36. The molecule has 4 heteroatoms. The van der Waals surface area contributed by atoms with E-state index in [1.165, 1.54) is 6.42 Å². The number of aromatic nitrogens is 1. The van der Waals surface area contributed by atoms with Gasteiger partial charge in [0.05, 0.1) is 6.42 Å². The van der Waals surface area contributed by atoms with Crippen molar-refractivity contribution in [3.8, 4) is 0 Å². The number of hydrogen-bond acceptors (Lipinski definition) is 3. The number of rotatable bonds is 5. The average Bonchev–Trinajstić information content (AvgIpc) is 2.37. The molecule has 0 saturated heterocycles. The Morgan fingerprint density at radius 3 is 2.79 bits per heavy atom. The van der Waals surface area contributed by atoms with Gasteiger partial charge < -0.3 is 10.4 Å². The first-order chi connectivity index (χ1) is 9.10. The normalized spacial score (nSPS) is 17.9. The Labute approximate surface area is 114 Å². The van der Waals surface area contributed by atoms with E-state index in [1.807, 2.05) is 19.1 Å². The highest BCUT2D eigenvalue weighted by Gasteiger charge is 2.34. The standard InChI is InChI=1S/C15H22N2O2/c1-12-9-13(5-8-16-12)17-11-15(10-14(18)19)6-3-2-4-7-15/h5,8-9H,2-4,6-7,10-11H2,1H3,(H,16,17)(H,18,19). The van der Waals surface area contributed by atoms with Crippen LogP contribution in [0, 0.1) is 12.3 Å². The van der Waals surface area contributed by atoms with Gasteiger partial charge in [-0.15, -0.1) is 0 Å². The van der Waals surface area contributed by atoms with E-state index in [4.69, 9.17) is 5.11 Å². The van der Waals surface area contributed by atoms with Crippen molar-refractivity contribution >= 4 is 11.7 Å². The van der Waals surface area contributed by atoms with E-state index >= 15 is 0 Å². The summed E-state index contributed by atoms with van der Waals surface area (Å²) >= 11 is 0. The van der Waals surface area contributed by atoms with Crippen LogP contribution in [0.5, 0.6) is 0 Å². The molecule has 0 aliphatic heterocycles. The molecule has 2 N–H and O–H groups in total. The number of aliphatic carboxylic acids is 1. The summed E-state index contributed by atoms with van der Waals surface area (Å²) in [7, 11) is 0. The van der Waals surface area contributed by atoms with Gasteiger partial charge in [0, 0.05) is 24.1 Å². The molecular formula is C15H22N2O2. The van der Waals surface area contributed by atoms with Crippen molar-refractivity contribution in [3.05, 3.63) is 24.0 Å². The molecule has 0 radical (unpaired) electrons. The second-order valence-corrected chi connectivity index (χ2v) is 5.67. The van der Waals surface area contributed by atoms with Crippen molar-refractivity contribution < 1.29 is 9.90 Å². The molecule has 0 unspecified atom stereocenters. The van der Waals surface area contributed by atoms with Crippen molar-refractivity contribution in [2.24, 2.45) is 5.41 Å². The van der Waals surface area contributed by atoms with Crippen LogP contribution in [0.4, 0.5) is 5.69 Å². The van der Waals surface area contributed by atoms with Crippen LogP contribution in [0.25, 0.3) is 0 Å². The molecule has 0 aromatic carbocycles. The number of carboxylic acids is 1. The predicted octanol–water partition coefficient (Wildman–Crippen LogP) is 3.23. The van der Waals surface area contributed by atoms with Gasteiger partial charge in [-0.2, -0.15) is 0 Å². The quantitative estimate of drug-likeness (QED) is 0.855. The van der Waals surface area contributed by atoms with Crippen molar-refractivity contribution in [1.29, 1.82) is 0 Å². The Morgan fingerprint density at radius 2 is 2.16 bits per heavy atom. The van der Waals surface area contributed by atoms with Crippen LogP contribution in [0.1, 0.15) is 44.2 Å². The maximum Gasteiger partial charge on any atom is 0.303 e. The maximum atomic E-state index is 11.1. The minimum absolute atomic E-state index is 0.0821. The summed E-state index contributed by atoms with van der Waals surface area (Å²) in [5, 5.41) is 12.5. The molecule has 1 heterocycles. The molecule has 19 heavy (non-hydrogen) atoms. The number of nitrogens with one attached hydrogen (secondary N) is 1. The van der Waals surface area contributed by atoms with E-state index in [1.54, 1.807) is 6.20 Å². The van der Waals surface area contributed by atoms with E-state index in [9.17, 15) is 4.79 Å². The monoisotopic (exact) mass is 262 g/mol. The Morgan fingerprint density at radius 1 is 1.42 bits per heavy atom. The second-order valence-electron chi connectivity index (χ2n) is 5.67. The fourth-order valence-corrected chi connectivity index (χ4v) is 2.98. The van der Waals surface area contributed by atoms with Crippen LogP contribution < -0.4 is 5.32 Å². The van der Waals surface area contributed by atoms with Gasteiger partial charge in [-0.3, -0.25) is 9.78 Å². The third kappa shape index (κ3) is 3.94. The first-order valence-corrected chi connectivity index (χ1v) is 6.98. The zero-order valence-electron chi connectivity index (χ0n) is 11.5. The topological polar surface area (TPSA) is 62.2 Å². The summed E-state index contributed by atoms with van der Waals surface area (Å²) in [4.78, 5) is 15.3. The van der Waals surface area contributed by atoms with Crippen LogP contribution in [-0.4, -0.2) is 22.6 Å². The Bertz CT molecular complexity index is 440. The first kappa shape index (κ1) is 13.8. The van der Waals surface area contributed by atoms with E-state index in [0.717, 1.165) is 43.6 Å². The third-order valence-electron chi connectivity index (χ3n) is 4.00. The minimum Gasteiger partial charge on any atom is -0.481 e. The lowest BCUT2D eigenvalue weighted by molar-refractivity contribution is -0.140. The number of hydrogen-bond donors (Lipinski definition) is 2. The predicted molar refractivity (Wildman–Crippen MR) is 75.2 cm³/mol. The van der Waals surface area contributed by atoms with Gasteiger partial charge in [0.15, 0.2) is 0 Å². The van der Waals surface area contributed by atoms with E-state index in [2.05, 4.69) is 10.3 Å². The van der Waals surface area contributed by atoms with Crippen LogP contribution in [0.2, 0.25) is 0 Å². The highest BCUT2D eigenvalue weighted by atomic mass is 16.4. The molecular weight excluding hydrogens is 240 g/mol. The maximum absolute atomic E-state index is 11.1. The molecule has 1 saturated carbocycles. The molecule has 2 rings (SSSR count). The van der Waals surface area contributed by atoms with Crippen molar-refractivity contribution in [3.63, 3.8) is 0 Å². The van der Waals surface area contributed by atoms with E-state index in [-0.39, 0.29) is 11.8 Å². The number of pyridine rings is 1. The molecule has 0 amide bonds. The number of nitrogens with zero attached hydrogens (tertiary/aromatic N) is 1. The molecule has 0 spiro atoms. The van der Waals surface area contributed by atoms with Crippen LogP contribution >= 0.6 is 0 Å². The number of aryl methyl sites for hydroxylation is 1. The number of anilines is 1. The number of carboxylic acid groups (broad SMARTS) is 1. The molecule has 1 fully saturated rings. The van der Waals surface area contributed by atoms with Gasteiger partial charge >= 0.3 is 5.97 Å². The Kier molecular flexibility index (Phi) is 4.40. The van der Waals surface area contributed by atoms with Gasteiger partial charge in [-0.1, -0.05) is 19.3 Å². The highest BCUT2D eigenvalue weighted by Crippen LogP contribution is 2.39. The van der Waals surface area contributed by atoms with E-state index < -0.39 is 5.97 Å². The van der Waals surface area contributed by atoms with Gasteiger partial charge in [0.2, 0.25) is 0 Å². The molecule has 1 aliphatic carbocycles. The molecule has 4 nitrogen and oxygen atoms in total. The molecule has 104 valence electrons. The second kappa shape index (κ2) is 6.04. The van der Waals surface area contributed by atoms with Crippen LogP contribution in [0.15, 0.2) is 18.3 Å². The summed E-state index contributed by atoms with van der Waals surface area (Å²) in [6, 6.07) is 3.93. The zero-order chi connectivity index (χ0) is 13.7. The summed E-state index contributed by atoms with van der Waals surface area (Å²) < 4.78 is 0. The SMILES string of the molecule is Cc1cc(NCC2(CC(=O)O)CCCCC2)ccn1. The van der Waals surface area contributed by atoms with Crippen molar-refractivity contribution in [2.45, 2.75) is 45.4 Å². The third-order valence-corrected chi connectivity index (χ3v) is 4.00. The largest absolute Gasteiger partial charge is 0.481 e. The van der Waals surface area contributed by atoms with Crippen molar-refractivity contribution in [2.75, 3.05) is 11.9 Å². The van der Waals surface area contributed by atoms with Crippen molar-refractivity contribution in [1.82, 2.24) is 4.98 Å². The van der Waals surface area contributed by atoms with Gasteiger partial charge in [0.1, 0.15) is 0 Å². The Balaban J connectivity index is 2.01. The fraction of sp³-hybridized carbons (Fsp3) is 0.600. The Hall–Kier alpha value is -1.58. The number of carbonyl (C=O) groups is 1. The smallest absolute Gasteiger partial charge is 0.303 e. The van der Waals surface area contributed by atoms with Crippen LogP contribution in [0.3, 0.4) is 0 Å². The van der Waals surface area contributed by atoms with E-state index in [0.29, 0.717) is 0 Å². The first-order valence-electron chi connectivity index (χ1n) is 6.98. The molecule has 1 aromatic heterocycles. The lowest BCUT2D eigenvalue weighted by Crippen LogP contribution is -2.34. The average molecular weight is 262 g/mol. The van der Waals surface area contributed by atoms with Gasteiger partial charge in [0.25, 0.3) is 0 Å². The van der Waals surface area contributed by atoms with Crippen LogP contribution in [-0.2, 0) is 4.79 Å². The summed E-state index contributed by atoms with van der Waals surface area (Å²) in [5.41, 5.74) is 1.92. The molecule has 1 aliphatic rings. The highest BCUT2D eigenvalue weighted by molar-refractivity contribution is 5.68. The summed E-state index contributed by atoms with van der Waals surface area (Å²) in [6.07, 6.45) is 7.59. The lowest BCUT2D eigenvalue weighted by atomic mass is 9.71. The zero-order valence-corrected chi connectivity index (χ0v) is 11.5. The van der Waals surface area contributed by atoms with Gasteiger partial charge in [-0.25, -0.2) is 0 Å². The molecule has 1 aromatic rings. The fourth-order valence-electron chi connectivity index (χ4n) is 2.98. The summed E-state index contributed by atoms with van der Waals surface area (Å²) in [6.45, 7) is 2.70. The van der Waals surface area contributed by atoms with Gasteiger partial charge in [-0.05, 0) is 37.3 Å². The summed E-state index contributed by atoms with van der Waals surface area (Å²) in [5.74, 6) is -0.686. The minimum atomic E-state index is -0.686. The molecule has 0 atom stereocenters. The molecule has 0 bridgehead atoms.